The van der Waals surface area contributed by atoms with Crippen molar-refractivity contribution in [1.29, 1.82) is 0 Å². The number of halogens is 2. The van der Waals surface area contributed by atoms with Crippen LogP contribution in [0.2, 0.25) is 0 Å². The van der Waals surface area contributed by atoms with Gasteiger partial charge in [0.2, 0.25) is 0 Å². The number of carbonyl (C=O) groups is 1. The second kappa shape index (κ2) is 7.21. The number of hydrogen-bond acceptors (Lipinski definition) is 2. The Labute approximate surface area is 107 Å². The second-order valence-electron chi connectivity index (χ2n) is 4.27. The summed E-state index contributed by atoms with van der Waals surface area (Å²) in [6, 6.07) is 3.06. The molecule has 0 saturated carbocycles. The standard InChI is InChI=1S/C14H19F2NO/c1-3-5-8-17(4-2)10-14(18)12-7-6-11(15)9-13(12)16/h6-7,9H,3-5,8,10H2,1-2H3. The summed E-state index contributed by atoms with van der Waals surface area (Å²) in [5.74, 6) is -1.75. The number of hydrogen-bond donors (Lipinski definition) is 0. The molecule has 0 aliphatic carbocycles. The second-order valence-corrected chi connectivity index (χ2v) is 4.27. The first-order valence-electron chi connectivity index (χ1n) is 6.29. The normalized spacial score (nSPS) is 10.9. The molecule has 1 aromatic carbocycles. The maximum Gasteiger partial charge on any atom is 0.179 e. The molecule has 0 aliphatic heterocycles. The van der Waals surface area contributed by atoms with Crippen LogP contribution >= 0.6 is 0 Å². The lowest BCUT2D eigenvalue weighted by Gasteiger charge is -2.19. The van der Waals surface area contributed by atoms with Crippen molar-refractivity contribution >= 4 is 5.78 Å². The minimum atomic E-state index is -0.786. The number of benzene rings is 1. The van der Waals surface area contributed by atoms with Gasteiger partial charge in [-0.3, -0.25) is 9.69 Å². The third kappa shape index (κ3) is 4.18. The van der Waals surface area contributed by atoms with Crippen molar-refractivity contribution in [3.8, 4) is 0 Å². The van der Waals surface area contributed by atoms with E-state index >= 15 is 0 Å². The summed E-state index contributed by atoms with van der Waals surface area (Å²) >= 11 is 0. The van der Waals surface area contributed by atoms with Crippen LogP contribution in [0.5, 0.6) is 0 Å². The van der Waals surface area contributed by atoms with Crippen LogP contribution in [0.1, 0.15) is 37.0 Å². The fourth-order valence-corrected chi connectivity index (χ4v) is 1.73. The Kier molecular flexibility index (Phi) is 5.92. The highest BCUT2D eigenvalue weighted by Gasteiger charge is 2.15. The number of carbonyl (C=O) groups excluding carboxylic acids is 1. The summed E-state index contributed by atoms with van der Waals surface area (Å²) in [6.07, 6.45) is 2.06. The highest BCUT2D eigenvalue weighted by Crippen LogP contribution is 2.11. The average molecular weight is 255 g/mol. The van der Waals surface area contributed by atoms with Crippen LogP contribution in [0.15, 0.2) is 18.2 Å². The Balaban J connectivity index is 2.68. The molecular formula is C14H19F2NO. The predicted molar refractivity (Wildman–Crippen MR) is 67.7 cm³/mol. The molecule has 0 saturated heterocycles. The van der Waals surface area contributed by atoms with E-state index in [1.54, 1.807) is 0 Å². The minimum Gasteiger partial charge on any atom is -0.296 e. The smallest absolute Gasteiger partial charge is 0.179 e. The van der Waals surface area contributed by atoms with E-state index in [1.807, 2.05) is 11.8 Å². The van der Waals surface area contributed by atoms with Gasteiger partial charge in [0.25, 0.3) is 0 Å². The van der Waals surface area contributed by atoms with E-state index in [4.69, 9.17) is 0 Å². The Hall–Kier alpha value is -1.29. The molecule has 0 heterocycles. The lowest BCUT2D eigenvalue weighted by atomic mass is 10.1. The average Bonchev–Trinajstić information content (AvgIpc) is 2.34. The van der Waals surface area contributed by atoms with Gasteiger partial charge in [-0.15, -0.1) is 0 Å². The number of nitrogens with zero attached hydrogens (tertiary/aromatic N) is 1. The summed E-state index contributed by atoms with van der Waals surface area (Å²) < 4.78 is 26.2. The molecule has 4 heteroatoms. The molecule has 0 amide bonds. The SMILES string of the molecule is CCCCN(CC)CC(=O)c1ccc(F)cc1F. The first-order chi connectivity index (χ1) is 8.58. The minimum absolute atomic E-state index is 0.0358. The van der Waals surface area contributed by atoms with E-state index in [1.165, 1.54) is 6.07 Å². The number of likely N-dealkylation sites (N-methyl/N-ethyl adjacent to an activating group) is 1. The molecule has 100 valence electrons. The van der Waals surface area contributed by atoms with Crippen LogP contribution in [0.3, 0.4) is 0 Å². The summed E-state index contributed by atoms with van der Waals surface area (Å²) in [5.41, 5.74) is -0.0358. The Morgan fingerprint density at radius 1 is 1.28 bits per heavy atom. The van der Waals surface area contributed by atoms with Crippen LogP contribution in [0.25, 0.3) is 0 Å². The molecule has 0 aromatic heterocycles. The van der Waals surface area contributed by atoms with Gasteiger partial charge in [0, 0.05) is 6.07 Å². The number of unbranched alkanes of at least 4 members (excludes halogenated alkanes) is 1. The maximum absolute atomic E-state index is 13.4. The van der Waals surface area contributed by atoms with Crippen LogP contribution < -0.4 is 0 Å². The van der Waals surface area contributed by atoms with Crippen LogP contribution in [-0.4, -0.2) is 30.3 Å². The summed E-state index contributed by atoms with van der Waals surface area (Å²) in [4.78, 5) is 13.9. The fraction of sp³-hybridized carbons (Fsp3) is 0.500. The lowest BCUT2D eigenvalue weighted by molar-refractivity contribution is 0.0929. The fourth-order valence-electron chi connectivity index (χ4n) is 1.73. The monoisotopic (exact) mass is 255 g/mol. The van der Waals surface area contributed by atoms with Gasteiger partial charge in [0.1, 0.15) is 11.6 Å². The third-order valence-corrected chi connectivity index (χ3v) is 2.87. The highest BCUT2D eigenvalue weighted by atomic mass is 19.1. The number of Topliss-reactive ketones (excluding diaryl/α,β-unsaturated/α-hetero) is 1. The van der Waals surface area contributed by atoms with E-state index in [2.05, 4.69) is 6.92 Å². The third-order valence-electron chi connectivity index (χ3n) is 2.87. The van der Waals surface area contributed by atoms with Crippen LogP contribution in [-0.2, 0) is 0 Å². The number of rotatable bonds is 7. The molecule has 0 fully saturated rings. The molecule has 0 unspecified atom stereocenters. The van der Waals surface area contributed by atoms with Gasteiger partial charge < -0.3 is 0 Å². The molecule has 0 radical (unpaired) electrons. The predicted octanol–water partition coefficient (Wildman–Crippen LogP) is 3.27. The zero-order chi connectivity index (χ0) is 13.5. The van der Waals surface area contributed by atoms with Gasteiger partial charge in [-0.05, 0) is 31.6 Å². The van der Waals surface area contributed by atoms with E-state index in [0.717, 1.165) is 38.1 Å². The van der Waals surface area contributed by atoms with Crippen molar-refractivity contribution < 1.29 is 13.6 Å². The van der Waals surface area contributed by atoms with Crippen molar-refractivity contribution in [3.05, 3.63) is 35.4 Å². The van der Waals surface area contributed by atoms with Gasteiger partial charge in [0.05, 0.1) is 12.1 Å². The summed E-state index contributed by atoms with van der Waals surface area (Å²) in [7, 11) is 0. The van der Waals surface area contributed by atoms with Crippen molar-refractivity contribution in [3.63, 3.8) is 0 Å². The Morgan fingerprint density at radius 2 is 2.00 bits per heavy atom. The van der Waals surface area contributed by atoms with Gasteiger partial charge in [-0.25, -0.2) is 8.78 Å². The van der Waals surface area contributed by atoms with Crippen molar-refractivity contribution in [2.75, 3.05) is 19.6 Å². The molecular weight excluding hydrogens is 236 g/mol. The quantitative estimate of drug-likeness (QED) is 0.697. The van der Waals surface area contributed by atoms with Crippen molar-refractivity contribution in [2.45, 2.75) is 26.7 Å². The van der Waals surface area contributed by atoms with Crippen LogP contribution in [0.4, 0.5) is 8.78 Å². The summed E-state index contributed by atoms with van der Waals surface area (Å²) in [6.45, 7) is 5.79. The molecule has 2 nitrogen and oxygen atoms in total. The molecule has 0 bridgehead atoms. The molecule has 0 aliphatic rings. The largest absolute Gasteiger partial charge is 0.296 e. The molecule has 0 spiro atoms. The van der Waals surface area contributed by atoms with Gasteiger partial charge >= 0.3 is 0 Å². The molecule has 0 atom stereocenters. The molecule has 1 rings (SSSR count). The molecule has 18 heavy (non-hydrogen) atoms. The van der Waals surface area contributed by atoms with Crippen molar-refractivity contribution in [1.82, 2.24) is 4.90 Å². The zero-order valence-electron chi connectivity index (χ0n) is 10.9. The lowest BCUT2D eigenvalue weighted by Crippen LogP contribution is -2.31. The van der Waals surface area contributed by atoms with Crippen LogP contribution in [0, 0.1) is 11.6 Å². The first kappa shape index (κ1) is 14.8. The summed E-state index contributed by atoms with van der Waals surface area (Å²) in [5, 5.41) is 0. The topological polar surface area (TPSA) is 20.3 Å². The first-order valence-corrected chi connectivity index (χ1v) is 6.29. The zero-order valence-corrected chi connectivity index (χ0v) is 10.9. The highest BCUT2D eigenvalue weighted by molar-refractivity contribution is 5.97. The number of ketones is 1. The Morgan fingerprint density at radius 3 is 2.56 bits per heavy atom. The Bertz CT molecular complexity index is 407. The van der Waals surface area contributed by atoms with Crippen molar-refractivity contribution in [2.24, 2.45) is 0 Å². The maximum atomic E-state index is 13.4. The van der Waals surface area contributed by atoms with E-state index in [-0.39, 0.29) is 17.9 Å². The van der Waals surface area contributed by atoms with Gasteiger partial charge in [0.15, 0.2) is 5.78 Å². The molecule has 0 N–H and O–H groups in total. The molecule has 1 aromatic rings. The van der Waals surface area contributed by atoms with E-state index in [0.29, 0.717) is 0 Å². The van der Waals surface area contributed by atoms with E-state index in [9.17, 15) is 13.6 Å². The van der Waals surface area contributed by atoms with Gasteiger partial charge in [-0.1, -0.05) is 20.3 Å². The van der Waals surface area contributed by atoms with E-state index < -0.39 is 11.6 Å². The van der Waals surface area contributed by atoms with Gasteiger partial charge in [-0.2, -0.15) is 0 Å².